The van der Waals surface area contributed by atoms with Gasteiger partial charge in [0.2, 0.25) is 0 Å². The van der Waals surface area contributed by atoms with Gasteiger partial charge in [-0.1, -0.05) is 129 Å². The van der Waals surface area contributed by atoms with Gasteiger partial charge in [-0.25, -0.2) is 4.85 Å². The second kappa shape index (κ2) is 11.1. The lowest BCUT2D eigenvalue weighted by atomic mass is 9.73. The summed E-state index contributed by atoms with van der Waals surface area (Å²) in [5, 5.41) is 2.47. The summed E-state index contributed by atoms with van der Waals surface area (Å²) in [6.07, 6.45) is 0. The number of nitrogens with zero attached hydrogens (tertiary/aromatic N) is 3. The van der Waals surface area contributed by atoms with Crippen LogP contribution in [0.4, 0.5) is 22.7 Å². The summed E-state index contributed by atoms with van der Waals surface area (Å²) in [5.74, 6) is 0. The minimum absolute atomic E-state index is 0.155. The van der Waals surface area contributed by atoms with Gasteiger partial charge in [0.1, 0.15) is 0 Å². The normalized spacial score (nSPS) is 13.2. The van der Waals surface area contributed by atoms with E-state index in [0.717, 1.165) is 33.6 Å². The molecule has 0 atom stereocenters. The Balaban J connectivity index is 1.37. The SMILES string of the molecule is [C-]#[N+]c1cccc(-c2ccccc2-c2cc(N3c4ccccc4C(C)(C)c4ccccc43)cc(-n3c4ccccc4c4ccccc43)c2)c1. The fourth-order valence-corrected chi connectivity index (χ4v) is 7.89. The molecular formula is C46H33N3. The lowest BCUT2D eigenvalue weighted by Gasteiger charge is -2.42. The van der Waals surface area contributed by atoms with Crippen molar-refractivity contribution in [3.05, 3.63) is 186 Å². The quantitative estimate of drug-likeness (QED) is 0.177. The first kappa shape index (κ1) is 28.8. The molecule has 7 aromatic carbocycles. The van der Waals surface area contributed by atoms with Gasteiger partial charge in [0.25, 0.3) is 0 Å². The average Bonchev–Trinajstić information content (AvgIpc) is 3.49. The number of benzene rings is 7. The first-order valence-corrected chi connectivity index (χ1v) is 16.7. The van der Waals surface area contributed by atoms with Gasteiger partial charge < -0.3 is 9.47 Å². The van der Waals surface area contributed by atoms with Crippen LogP contribution in [0.5, 0.6) is 0 Å². The Hall–Kier alpha value is -6.37. The number of hydrogen-bond donors (Lipinski definition) is 0. The van der Waals surface area contributed by atoms with E-state index in [4.69, 9.17) is 6.57 Å². The van der Waals surface area contributed by atoms with Crippen molar-refractivity contribution in [3.8, 4) is 27.9 Å². The van der Waals surface area contributed by atoms with E-state index >= 15 is 0 Å². The minimum atomic E-state index is -0.155. The molecule has 1 aliphatic heterocycles. The molecule has 8 aromatic rings. The molecule has 3 nitrogen and oxygen atoms in total. The third kappa shape index (κ3) is 4.49. The van der Waals surface area contributed by atoms with E-state index in [1.807, 2.05) is 18.2 Å². The number of aromatic nitrogens is 1. The van der Waals surface area contributed by atoms with Crippen molar-refractivity contribution in [2.45, 2.75) is 19.3 Å². The van der Waals surface area contributed by atoms with E-state index in [0.29, 0.717) is 5.69 Å². The van der Waals surface area contributed by atoms with Crippen molar-refractivity contribution < 1.29 is 0 Å². The molecule has 0 saturated carbocycles. The van der Waals surface area contributed by atoms with Crippen LogP contribution in [-0.4, -0.2) is 4.57 Å². The zero-order chi connectivity index (χ0) is 33.1. The van der Waals surface area contributed by atoms with Crippen LogP contribution in [0.25, 0.3) is 54.6 Å². The van der Waals surface area contributed by atoms with Gasteiger partial charge in [0.05, 0.1) is 29.0 Å². The number of rotatable bonds is 4. The van der Waals surface area contributed by atoms with Gasteiger partial charge in [-0.15, -0.1) is 0 Å². The lowest BCUT2D eigenvalue weighted by Crippen LogP contribution is -2.30. The monoisotopic (exact) mass is 627 g/mol. The molecule has 0 spiro atoms. The van der Waals surface area contributed by atoms with Gasteiger partial charge >= 0.3 is 0 Å². The van der Waals surface area contributed by atoms with Crippen LogP contribution in [0.3, 0.4) is 0 Å². The molecule has 232 valence electrons. The summed E-state index contributed by atoms with van der Waals surface area (Å²) in [6.45, 7) is 12.3. The van der Waals surface area contributed by atoms with Gasteiger partial charge in [-0.3, -0.25) is 0 Å². The van der Waals surface area contributed by atoms with E-state index in [-0.39, 0.29) is 5.41 Å². The molecule has 9 rings (SSSR count). The average molecular weight is 628 g/mol. The largest absolute Gasteiger partial charge is 0.310 e. The van der Waals surface area contributed by atoms with Crippen molar-refractivity contribution in [2.75, 3.05) is 4.90 Å². The highest BCUT2D eigenvalue weighted by Gasteiger charge is 2.36. The van der Waals surface area contributed by atoms with Crippen molar-refractivity contribution in [3.63, 3.8) is 0 Å². The molecule has 0 radical (unpaired) electrons. The molecule has 0 saturated heterocycles. The maximum absolute atomic E-state index is 7.67. The van der Waals surface area contributed by atoms with Crippen LogP contribution in [0.1, 0.15) is 25.0 Å². The zero-order valence-electron chi connectivity index (χ0n) is 27.4. The third-order valence-electron chi connectivity index (χ3n) is 10.2. The van der Waals surface area contributed by atoms with Crippen LogP contribution in [0.2, 0.25) is 0 Å². The summed E-state index contributed by atoms with van der Waals surface area (Å²) in [5.41, 5.74) is 14.3. The van der Waals surface area contributed by atoms with Crippen LogP contribution in [0, 0.1) is 6.57 Å². The molecule has 0 aliphatic carbocycles. The standard InChI is InChI=1S/C46H33N3/c1-46(2)40-21-8-12-25-44(40)49(45-26-13-9-22-41(45)46)35-29-32(37-18-5-4-17-36(37)31-15-14-16-33(27-31)47-3)28-34(30-35)48-42-23-10-6-19-38(42)39-20-7-11-24-43(39)48/h4-30H,1-2H3. The maximum Gasteiger partial charge on any atom is 0.187 e. The first-order valence-electron chi connectivity index (χ1n) is 16.7. The Bertz CT molecular complexity index is 2510. The molecule has 0 fully saturated rings. The van der Waals surface area contributed by atoms with Crippen LogP contribution in [-0.2, 0) is 5.41 Å². The Morgan fingerprint density at radius 1 is 0.490 bits per heavy atom. The van der Waals surface area contributed by atoms with Gasteiger partial charge in [-0.2, -0.15) is 0 Å². The maximum atomic E-state index is 7.67. The first-order chi connectivity index (χ1) is 24.0. The van der Waals surface area contributed by atoms with Crippen molar-refractivity contribution in [1.29, 1.82) is 0 Å². The van der Waals surface area contributed by atoms with Crippen LogP contribution in [0.15, 0.2) is 164 Å². The van der Waals surface area contributed by atoms with Crippen molar-refractivity contribution >= 4 is 44.6 Å². The molecule has 0 bridgehead atoms. The number of anilines is 3. The highest BCUT2D eigenvalue weighted by molar-refractivity contribution is 6.09. The van der Waals surface area contributed by atoms with E-state index in [9.17, 15) is 0 Å². The predicted octanol–water partition coefficient (Wildman–Crippen LogP) is 12.8. The fraction of sp³-hybridized carbons (Fsp3) is 0.0652. The molecule has 1 aliphatic rings. The summed E-state index contributed by atoms with van der Waals surface area (Å²) >= 11 is 0. The highest BCUT2D eigenvalue weighted by Crippen LogP contribution is 2.52. The Labute approximate surface area is 286 Å². The number of para-hydroxylation sites is 4. The molecule has 2 heterocycles. The summed E-state index contributed by atoms with van der Waals surface area (Å²) in [6, 6.07) is 58.5. The third-order valence-corrected chi connectivity index (χ3v) is 10.2. The van der Waals surface area contributed by atoms with Gasteiger partial charge in [0, 0.05) is 27.6 Å². The van der Waals surface area contributed by atoms with E-state index in [1.54, 1.807) is 0 Å². The van der Waals surface area contributed by atoms with Gasteiger partial charge in [0.15, 0.2) is 5.69 Å². The molecule has 3 heteroatoms. The van der Waals surface area contributed by atoms with E-state index in [2.05, 4.69) is 174 Å². The molecule has 0 N–H and O–H groups in total. The highest BCUT2D eigenvalue weighted by atomic mass is 15.2. The van der Waals surface area contributed by atoms with Gasteiger partial charge in [-0.05, 0) is 81.9 Å². The molecular weight excluding hydrogens is 595 g/mol. The smallest absolute Gasteiger partial charge is 0.187 e. The minimum Gasteiger partial charge on any atom is -0.310 e. The lowest BCUT2D eigenvalue weighted by molar-refractivity contribution is 0.632. The summed E-state index contributed by atoms with van der Waals surface area (Å²) in [7, 11) is 0. The molecule has 49 heavy (non-hydrogen) atoms. The van der Waals surface area contributed by atoms with E-state index in [1.165, 1.54) is 44.3 Å². The molecule has 0 unspecified atom stereocenters. The zero-order valence-corrected chi connectivity index (χ0v) is 27.4. The predicted molar refractivity (Wildman–Crippen MR) is 205 cm³/mol. The van der Waals surface area contributed by atoms with Crippen LogP contribution >= 0.6 is 0 Å². The Morgan fingerprint density at radius 3 is 1.65 bits per heavy atom. The van der Waals surface area contributed by atoms with Crippen LogP contribution < -0.4 is 4.90 Å². The summed E-state index contributed by atoms with van der Waals surface area (Å²) < 4.78 is 2.41. The van der Waals surface area contributed by atoms with Crippen molar-refractivity contribution in [2.24, 2.45) is 0 Å². The molecule has 0 amide bonds. The second-order valence-corrected chi connectivity index (χ2v) is 13.3. The Morgan fingerprint density at radius 2 is 1.02 bits per heavy atom. The topological polar surface area (TPSA) is 12.5 Å². The van der Waals surface area contributed by atoms with Crippen molar-refractivity contribution in [1.82, 2.24) is 4.57 Å². The van der Waals surface area contributed by atoms with E-state index < -0.39 is 0 Å². The Kier molecular flexibility index (Phi) is 6.54. The number of fused-ring (bicyclic) bond motifs is 5. The fourth-order valence-electron chi connectivity index (χ4n) is 7.89. The number of hydrogen-bond acceptors (Lipinski definition) is 1. The molecule has 1 aromatic heterocycles. The second-order valence-electron chi connectivity index (χ2n) is 13.3. The summed E-state index contributed by atoms with van der Waals surface area (Å²) in [4.78, 5) is 6.18.